The Labute approximate surface area is 103 Å². The first-order valence-electron chi connectivity index (χ1n) is 6.19. The summed E-state index contributed by atoms with van der Waals surface area (Å²) in [5.74, 6) is -0.595. The number of unbranched alkanes of at least 4 members (excludes halogenated alkanes) is 1. The Balaban J connectivity index is 4.24. The van der Waals surface area contributed by atoms with Crippen LogP contribution >= 0.6 is 0 Å². The van der Waals surface area contributed by atoms with Crippen molar-refractivity contribution in [3.8, 4) is 0 Å². The molecule has 2 N–H and O–H groups in total. The topological polar surface area (TPSA) is 72.6 Å². The Kier molecular flexibility index (Phi) is 8.40. The van der Waals surface area contributed by atoms with E-state index in [9.17, 15) is 9.59 Å². The summed E-state index contributed by atoms with van der Waals surface area (Å²) >= 11 is 0. The molecular weight excluding hydrogens is 220 g/mol. The van der Waals surface area contributed by atoms with Crippen LogP contribution in [0.25, 0.3) is 0 Å². The van der Waals surface area contributed by atoms with Gasteiger partial charge in [0.25, 0.3) is 0 Å². The quantitative estimate of drug-likeness (QED) is 0.612. The molecule has 0 fully saturated rings. The van der Waals surface area contributed by atoms with Crippen molar-refractivity contribution < 1.29 is 14.3 Å². The number of hydrogen-bond acceptors (Lipinski definition) is 4. The first kappa shape index (κ1) is 15.9. The number of hydrogen-bond donors (Lipinski definition) is 1. The number of esters is 1. The second kappa shape index (κ2) is 8.98. The summed E-state index contributed by atoms with van der Waals surface area (Å²) in [4.78, 5) is 24.2. The number of carbonyl (C=O) groups is 2. The first-order chi connectivity index (χ1) is 8.01. The van der Waals surface area contributed by atoms with Gasteiger partial charge in [-0.1, -0.05) is 13.3 Å². The van der Waals surface area contributed by atoms with Crippen molar-refractivity contribution in [3.63, 3.8) is 0 Å². The van der Waals surface area contributed by atoms with Crippen molar-refractivity contribution in [1.82, 2.24) is 4.90 Å². The lowest BCUT2D eigenvalue weighted by atomic mass is 10.2. The molecule has 0 rings (SSSR count). The smallest absolute Gasteiger partial charge is 0.307 e. The SMILES string of the molecule is CCCCN(CC(N)=O)C(C)CC(=O)OCC. The molecule has 0 aliphatic heterocycles. The average Bonchev–Trinajstić information content (AvgIpc) is 2.23. The van der Waals surface area contributed by atoms with Gasteiger partial charge in [-0.15, -0.1) is 0 Å². The molecule has 0 saturated heterocycles. The van der Waals surface area contributed by atoms with E-state index in [1.165, 1.54) is 0 Å². The predicted molar refractivity (Wildman–Crippen MR) is 66.4 cm³/mol. The predicted octanol–water partition coefficient (Wildman–Crippen LogP) is 0.915. The van der Waals surface area contributed by atoms with Crippen LogP contribution in [0.1, 0.15) is 40.0 Å². The lowest BCUT2D eigenvalue weighted by Gasteiger charge is -2.27. The molecule has 0 aromatic heterocycles. The maximum absolute atomic E-state index is 11.4. The minimum absolute atomic E-state index is 0.0203. The highest BCUT2D eigenvalue weighted by molar-refractivity contribution is 5.76. The second-order valence-electron chi connectivity index (χ2n) is 4.15. The fourth-order valence-corrected chi connectivity index (χ4v) is 1.61. The van der Waals surface area contributed by atoms with Crippen LogP contribution in [0.4, 0.5) is 0 Å². The summed E-state index contributed by atoms with van der Waals surface area (Å²) in [6.07, 6.45) is 2.33. The summed E-state index contributed by atoms with van der Waals surface area (Å²) < 4.78 is 4.89. The minimum Gasteiger partial charge on any atom is -0.466 e. The van der Waals surface area contributed by atoms with Gasteiger partial charge >= 0.3 is 5.97 Å². The van der Waals surface area contributed by atoms with E-state index in [1.807, 2.05) is 11.8 Å². The fourth-order valence-electron chi connectivity index (χ4n) is 1.61. The van der Waals surface area contributed by atoms with Crippen molar-refractivity contribution in [3.05, 3.63) is 0 Å². The van der Waals surface area contributed by atoms with Gasteiger partial charge in [-0.2, -0.15) is 0 Å². The molecule has 0 aromatic carbocycles. The number of nitrogens with two attached hydrogens (primary N) is 1. The van der Waals surface area contributed by atoms with Crippen LogP contribution in [-0.2, 0) is 14.3 Å². The van der Waals surface area contributed by atoms with Gasteiger partial charge in [-0.3, -0.25) is 14.5 Å². The van der Waals surface area contributed by atoms with Gasteiger partial charge in [0, 0.05) is 6.04 Å². The Morgan fingerprint density at radius 3 is 2.47 bits per heavy atom. The molecule has 17 heavy (non-hydrogen) atoms. The Hall–Kier alpha value is -1.10. The first-order valence-corrected chi connectivity index (χ1v) is 6.19. The maximum Gasteiger partial charge on any atom is 0.307 e. The molecule has 0 saturated carbocycles. The maximum atomic E-state index is 11.4. The zero-order chi connectivity index (χ0) is 13.3. The van der Waals surface area contributed by atoms with Gasteiger partial charge < -0.3 is 10.5 Å². The van der Waals surface area contributed by atoms with Crippen LogP contribution < -0.4 is 5.73 Å². The normalized spacial score (nSPS) is 12.5. The van der Waals surface area contributed by atoms with Gasteiger partial charge in [0.1, 0.15) is 0 Å². The van der Waals surface area contributed by atoms with Crippen LogP contribution in [0, 0.1) is 0 Å². The zero-order valence-corrected chi connectivity index (χ0v) is 11.1. The van der Waals surface area contributed by atoms with Crippen LogP contribution in [0.5, 0.6) is 0 Å². The van der Waals surface area contributed by atoms with E-state index in [2.05, 4.69) is 6.92 Å². The van der Waals surface area contributed by atoms with E-state index < -0.39 is 0 Å². The summed E-state index contributed by atoms with van der Waals surface area (Å²) in [6.45, 7) is 7.13. The van der Waals surface area contributed by atoms with E-state index in [-0.39, 0.29) is 24.5 Å². The zero-order valence-electron chi connectivity index (χ0n) is 11.1. The largest absolute Gasteiger partial charge is 0.466 e. The lowest BCUT2D eigenvalue weighted by molar-refractivity contribution is -0.144. The number of rotatable bonds is 9. The molecule has 100 valence electrons. The molecule has 1 unspecified atom stereocenters. The monoisotopic (exact) mass is 244 g/mol. The van der Waals surface area contributed by atoms with E-state index >= 15 is 0 Å². The molecular formula is C12H24N2O3. The van der Waals surface area contributed by atoms with Crippen molar-refractivity contribution in [2.75, 3.05) is 19.7 Å². The van der Waals surface area contributed by atoms with Gasteiger partial charge in [0.05, 0.1) is 19.6 Å². The molecule has 1 amide bonds. The molecule has 0 spiro atoms. The Bertz CT molecular complexity index is 244. The highest BCUT2D eigenvalue weighted by Crippen LogP contribution is 2.07. The third kappa shape index (κ3) is 7.74. The minimum atomic E-state index is -0.364. The molecule has 1 atom stereocenters. The summed E-state index contributed by atoms with van der Waals surface area (Å²) in [6, 6.07) is -0.0203. The van der Waals surface area contributed by atoms with Gasteiger partial charge in [0.15, 0.2) is 0 Å². The standard InChI is InChI=1S/C12H24N2O3/c1-4-6-7-14(9-11(13)15)10(3)8-12(16)17-5-2/h10H,4-9H2,1-3H3,(H2,13,15). The highest BCUT2D eigenvalue weighted by atomic mass is 16.5. The molecule has 0 aliphatic rings. The lowest BCUT2D eigenvalue weighted by Crippen LogP contribution is -2.41. The van der Waals surface area contributed by atoms with Crippen LogP contribution in [0.2, 0.25) is 0 Å². The van der Waals surface area contributed by atoms with Crippen molar-refractivity contribution in [1.29, 1.82) is 0 Å². The van der Waals surface area contributed by atoms with Crippen LogP contribution in [0.3, 0.4) is 0 Å². The van der Waals surface area contributed by atoms with Crippen molar-refractivity contribution >= 4 is 11.9 Å². The molecule has 5 nitrogen and oxygen atoms in total. The Morgan fingerprint density at radius 1 is 1.35 bits per heavy atom. The van der Waals surface area contributed by atoms with Gasteiger partial charge in [-0.05, 0) is 26.8 Å². The van der Waals surface area contributed by atoms with E-state index in [0.29, 0.717) is 13.0 Å². The van der Waals surface area contributed by atoms with E-state index in [1.54, 1.807) is 6.92 Å². The molecule has 0 heterocycles. The third-order valence-electron chi connectivity index (χ3n) is 2.55. The number of nitrogens with zero attached hydrogens (tertiary/aromatic N) is 1. The van der Waals surface area contributed by atoms with Gasteiger partial charge in [-0.25, -0.2) is 0 Å². The van der Waals surface area contributed by atoms with Gasteiger partial charge in [0.2, 0.25) is 5.91 Å². The summed E-state index contributed by atoms with van der Waals surface area (Å²) in [5.41, 5.74) is 5.20. The molecule has 0 aromatic rings. The summed E-state index contributed by atoms with van der Waals surface area (Å²) in [7, 11) is 0. The molecule has 0 bridgehead atoms. The second-order valence-corrected chi connectivity index (χ2v) is 4.15. The molecule has 0 aliphatic carbocycles. The van der Waals surface area contributed by atoms with Crippen molar-refractivity contribution in [2.45, 2.75) is 46.1 Å². The number of ether oxygens (including phenoxy) is 1. The molecule has 5 heteroatoms. The summed E-state index contributed by atoms with van der Waals surface area (Å²) in [5, 5.41) is 0. The number of amides is 1. The number of carbonyl (C=O) groups excluding carboxylic acids is 2. The van der Waals surface area contributed by atoms with Crippen molar-refractivity contribution in [2.24, 2.45) is 5.73 Å². The van der Waals surface area contributed by atoms with E-state index in [0.717, 1.165) is 19.4 Å². The Morgan fingerprint density at radius 2 is 2.00 bits per heavy atom. The highest BCUT2D eigenvalue weighted by Gasteiger charge is 2.18. The molecule has 0 radical (unpaired) electrons. The fraction of sp³-hybridized carbons (Fsp3) is 0.833. The number of primary amides is 1. The van der Waals surface area contributed by atoms with Crippen LogP contribution in [0.15, 0.2) is 0 Å². The van der Waals surface area contributed by atoms with Crippen LogP contribution in [-0.4, -0.2) is 42.5 Å². The van der Waals surface area contributed by atoms with E-state index in [4.69, 9.17) is 10.5 Å². The average molecular weight is 244 g/mol. The third-order valence-corrected chi connectivity index (χ3v) is 2.55.